The first kappa shape index (κ1) is 43.6. The minimum absolute atomic E-state index is 0.0490. The lowest BCUT2D eigenvalue weighted by molar-refractivity contribution is 0.648. The topological polar surface area (TPSA) is 0 Å². The van der Waals surface area contributed by atoms with Crippen LogP contribution in [0.25, 0.3) is 60.9 Å². The summed E-state index contributed by atoms with van der Waals surface area (Å²) in [7, 11) is 0. The average molecular weight is 807 g/mol. The zero-order valence-electron chi connectivity index (χ0n) is 37.7. The Morgan fingerprint density at radius 3 is 1.79 bits per heavy atom. The maximum Gasteiger partial charge on any atom is 0.0159 e. The van der Waals surface area contributed by atoms with E-state index >= 15 is 0 Å². The Kier molecular flexibility index (Phi) is 14.3. The third-order valence-electron chi connectivity index (χ3n) is 12.5. The molecule has 0 heteroatoms. The number of allylic oxidation sites excluding steroid dienone is 3. The lowest BCUT2D eigenvalue weighted by Gasteiger charge is -2.23. The average Bonchev–Trinajstić information content (AvgIpc) is 3.56. The van der Waals surface area contributed by atoms with Crippen molar-refractivity contribution in [1.29, 1.82) is 0 Å². The predicted octanol–water partition coefficient (Wildman–Crippen LogP) is 18.0. The van der Waals surface area contributed by atoms with E-state index in [1.165, 1.54) is 95.1 Å². The van der Waals surface area contributed by atoms with Crippen LogP contribution in [-0.4, -0.2) is 0 Å². The van der Waals surface area contributed by atoms with Crippen LogP contribution in [0, 0.1) is 0 Å². The molecule has 1 unspecified atom stereocenters. The van der Waals surface area contributed by atoms with Crippen LogP contribution in [0.2, 0.25) is 0 Å². The molecule has 62 heavy (non-hydrogen) atoms. The molecular formula is C62H62. The summed E-state index contributed by atoms with van der Waals surface area (Å²) in [5, 5.41) is 2.58. The molecule has 310 valence electrons. The van der Waals surface area contributed by atoms with Crippen LogP contribution < -0.4 is 0 Å². The normalized spacial score (nSPS) is 12.8. The van der Waals surface area contributed by atoms with Gasteiger partial charge in [0.2, 0.25) is 0 Å². The molecule has 8 aromatic carbocycles. The van der Waals surface area contributed by atoms with Crippen molar-refractivity contribution in [3.05, 3.63) is 235 Å². The van der Waals surface area contributed by atoms with Crippen LogP contribution >= 0.6 is 0 Å². The molecule has 1 aliphatic rings. The third-order valence-corrected chi connectivity index (χ3v) is 12.5. The Balaban J connectivity index is 0.000000330. The zero-order chi connectivity index (χ0) is 43.5. The van der Waals surface area contributed by atoms with Gasteiger partial charge < -0.3 is 0 Å². The molecule has 0 aliphatic heterocycles. The Hall–Kier alpha value is -6.50. The van der Waals surface area contributed by atoms with Gasteiger partial charge in [0.05, 0.1) is 0 Å². The second-order valence-corrected chi connectivity index (χ2v) is 16.8. The van der Waals surface area contributed by atoms with E-state index < -0.39 is 0 Å². The second kappa shape index (κ2) is 20.4. The Bertz CT molecular complexity index is 2720. The van der Waals surface area contributed by atoms with Gasteiger partial charge in [0.1, 0.15) is 0 Å². The molecule has 8 aromatic rings. The van der Waals surface area contributed by atoms with Gasteiger partial charge >= 0.3 is 0 Å². The molecule has 0 spiro atoms. The van der Waals surface area contributed by atoms with Gasteiger partial charge in [-0.1, -0.05) is 249 Å². The Labute approximate surface area is 372 Å². The first-order valence-electron chi connectivity index (χ1n) is 22.7. The van der Waals surface area contributed by atoms with Crippen molar-refractivity contribution in [2.45, 2.75) is 78.6 Å². The van der Waals surface area contributed by atoms with Gasteiger partial charge in [-0.2, -0.15) is 0 Å². The molecule has 1 atom stereocenters. The molecule has 0 aromatic heterocycles. The SMILES string of the molecule is C=C/C=C(\CCC)c1ccccc1.CC.CC(CCc1ccc(-c2ccccc2)cc1)c1ccc2c(c1)C(C)(C)c1cc(-c3ccc(-c4cccc5ccccc45)cc3)ccc1-2. The van der Waals surface area contributed by atoms with E-state index in [1.807, 2.05) is 26.0 Å². The van der Waals surface area contributed by atoms with E-state index in [1.54, 1.807) is 0 Å². The number of fused-ring (bicyclic) bond motifs is 4. The first-order valence-corrected chi connectivity index (χ1v) is 22.7. The van der Waals surface area contributed by atoms with Gasteiger partial charge in [-0.3, -0.25) is 0 Å². The van der Waals surface area contributed by atoms with E-state index in [2.05, 4.69) is 222 Å². The number of hydrogen-bond acceptors (Lipinski definition) is 0. The summed E-state index contributed by atoms with van der Waals surface area (Å²) >= 11 is 0. The molecule has 0 nitrogen and oxygen atoms in total. The van der Waals surface area contributed by atoms with Crippen LogP contribution in [0.15, 0.2) is 207 Å². The fourth-order valence-electron chi connectivity index (χ4n) is 8.99. The minimum atomic E-state index is -0.0490. The van der Waals surface area contributed by atoms with Crippen LogP contribution in [0.4, 0.5) is 0 Å². The summed E-state index contributed by atoms with van der Waals surface area (Å²) < 4.78 is 0. The van der Waals surface area contributed by atoms with Crippen LogP contribution in [-0.2, 0) is 11.8 Å². The molecule has 0 bridgehead atoms. The second-order valence-electron chi connectivity index (χ2n) is 16.8. The number of rotatable bonds is 11. The highest BCUT2D eigenvalue weighted by Crippen LogP contribution is 2.50. The van der Waals surface area contributed by atoms with Gasteiger partial charge in [0, 0.05) is 5.41 Å². The lowest BCUT2D eigenvalue weighted by Crippen LogP contribution is -2.15. The molecule has 0 saturated carbocycles. The van der Waals surface area contributed by atoms with Crippen LogP contribution in [0.5, 0.6) is 0 Å². The molecule has 0 fully saturated rings. The van der Waals surface area contributed by atoms with E-state index in [4.69, 9.17) is 0 Å². The smallest absolute Gasteiger partial charge is 0.0159 e. The fourth-order valence-corrected chi connectivity index (χ4v) is 8.99. The van der Waals surface area contributed by atoms with Crippen molar-refractivity contribution in [2.24, 2.45) is 0 Å². The van der Waals surface area contributed by atoms with Gasteiger partial charge in [0.15, 0.2) is 0 Å². The molecule has 0 saturated heterocycles. The standard InChI is InChI=1S/C47H40.C13H16.C2H6/c1-32(16-17-33-18-20-35(21-19-33)34-10-5-4-6-11-34)39-26-28-43-44-29-27-40(31-46(44)47(2,3)45(43)30-39)36-22-24-38(25-23-36)42-15-9-13-37-12-7-8-14-41(37)42;1-3-8-12(9-4-2)13-10-6-5-7-11-13;1-2/h4-15,18-32H,16-17H2,1-3H3;3,5-8,10-11H,1,4,9H2,2H3;1-2H3/b;12-8+;. The first-order chi connectivity index (χ1) is 30.3. The van der Waals surface area contributed by atoms with E-state index in [0.29, 0.717) is 5.92 Å². The predicted molar refractivity (Wildman–Crippen MR) is 272 cm³/mol. The highest BCUT2D eigenvalue weighted by Gasteiger charge is 2.36. The van der Waals surface area contributed by atoms with Gasteiger partial charge in [-0.05, 0) is 120 Å². The van der Waals surface area contributed by atoms with Gasteiger partial charge in [-0.15, -0.1) is 0 Å². The number of aryl methyl sites for hydroxylation is 1. The van der Waals surface area contributed by atoms with Crippen molar-refractivity contribution < 1.29 is 0 Å². The number of hydrogen-bond donors (Lipinski definition) is 0. The largest absolute Gasteiger partial charge is 0.0991 e. The van der Waals surface area contributed by atoms with Crippen LogP contribution in [0.1, 0.15) is 94.5 Å². The fraction of sp³-hybridized carbons (Fsp3) is 0.194. The van der Waals surface area contributed by atoms with Gasteiger partial charge in [0.25, 0.3) is 0 Å². The maximum atomic E-state index is 3.73. The third kappa shape index (κ3) is 9.67. The summed E-state index contributed by atoms with van der Waals surface area (Å²) in [5.74, 6) is 0.490. The highest BCUT2D eigenvalue weighted by molar-refractivity contribution is 5.97. The number of benzene rings is 8. The lowest BCUT2D eigenvalue weighted by atomic mass is 9.80. The zero-order valence-corrected chi connectivity index (χ0v) is 37.7. The van der Waals surface area contributed by atoms with Crippen molar-refractivity contribution in [2.75, 3.05) is 0 Å². The van der Waals surface area contributed by atoms with E-state index in [-0.39, 0.29) is 5.41 Å². The van der Waals surface area contributed by atoms with Crippen LogP contribution in [0.3, 0.4) is 0 Å². The summed E-state index contributed by atoms with van der Waals surface area (Å²) in [5.41, 5.74) is 18.7. The molecule has 1 aliphatic carbocycles. The molecule has 0 amide bonds. The van der Waals surface area contributed by atoms with Crippen molar-refractivity contribution in [3.63, 3.8) is 0 Å². The van der Waals surface area contributed by atoms with Gasteiger partial charge in [-0.25, -0.2) is 0 Å². The molecular weight excluding hydrogens is 745 g/mol. The molecule has 0 radical (unpaired) electrons. The van der Waals surface area contributed by atoms with Crippen molar-refractivity contribution in [3.8, 4) is 44.5 Å². The van der Waals surface area contributed by atoms with Crippen molar-refractivity contribution >= 4 is 16.3 Å². The van der Waals surface area contributed by atoms with E-state index in [9.17, 15) is 0 Å². The maximum absolute atomic E-state index is 3.73. The highest BCUT2D eigenvalue weighted by atomic mass is 14.4. The monoisotopic (exact) mass is 806 g/mol. The summed E-state index contributed by atoms with van der Waals surface area (Å²) in [6, 6.07) is 68.9. The minimum Gasteiger partial charge on any atom is -0.0991 e. The molecule has 9 rings (SSSR count). The molecule has 0 N–H and O–H groups in total. The molecule has 0 heterocycles. The quantitative estimate of drug-likeness (QED) is 0.114. The van der Waals surface area contributed by atoms with E-state index in [0.717, 1.165) is 19.3 Å². The Morgan fingerprint density at radius 2 is 1.10 bits per heavy atom. The Morgan fingerprint density at radius 1 is 0.548 bits per heavy atom. The summed E-state index contributed by atoms with van der Waals surface area (Å²) in [6.45, 7) is 17.1. The van der Waals surface area contributed by atoms with Crippen molar-refractivity contribution in [1.82, 2.24) is 0 Å². The summed E-state index contributed by atoms with van der Waals surface area (Å²) in [4.78, 5) is 0. The summed E-state index contributed by atoms with van der Waals surface area (Å²) in [6.07, 6.45) is 8.47.